The fourth-order valence-electron chi connectivity index (χ4n) is 4.48. The van der Waals surface area contributed by atoms with E-state index in [4.69, 9.17) is 13.6 Å². The van der Waals surface area contributed by atoms with E-state index >= 15 is 0 Å². The van der Waals surface area contributed by atoms with Gasteiger partial charge in [-0.15, -0.1) is 0 Å². The van der Waals surface area contributed by atoms with E-state index < -0.39 is 28.3 Å². The third kappa shape index (κ3) is 5.67. The highest BCUT2D eigenvalue weighted by molar-refractivity contribution is 6.74. The van der Waals surface area contributed by atoms with Crippen molar-refractivity contribution in [3.63, 3.8) is 0 Å². The summed E-state index contributed by atoms with van der Waals surface area (Å²) in [6, 6.07) is 9.97. The van der Waals surface area contributed by atoms with Gasteiger partial charge in [0.05, 0.1) is 18.3 Å². The lowest BCUT2D eigenvalue weighted by molar-refractivity contribution is 0.00571. The van der Waals surface area contributed by atoms with E-state index in [1.165, 1.54) is 0 Å². The Kier molecular flexibility index (Phi) is 7.53. The normalized spacial score (nSPS) is 30.2. The Bertz CT molecular complexity index is 797. The van der Waals surface area contributed by atoms with E-state index in [1.807, 2.05) is 30.3 Å². The molecule has 1 aliphatic heterocycles. The van der Waals surface area contributed by atoms with Gasteiger partial charge < -0.3 is 18.7 Å². The Balaban J connectivity index is 1.86. The maximum absolute atomic E-state index is 11.3. The van der Waals surface area contributed by atoms with Gasteiger partial charge in [0.15, 0.2) is 16.6 Å². The first-order chi connectivity index (χ1) is 15.0. The van der Waals surface area contributed by atoms with Crippen molar-refractivity contribution in [2.45, 2.75) is 134 Å². The highest BCUT2D eigenvalue weighted by atomic mass is 28.4. The summed E-state index contributed by atoms with van der Waals surface area (Å²) >= 11 is 0. The van der Waals surface area contributed by atoms with Crippen LogP contribution in [0.15, 0.2) is 30.3 Å². The fourth-order valence-corrected chi connectivity index (χ4v) is 7.24. The summed E-state index contributed by atoms with van der Waals surface area (Å²) in [5.41, 5.74) is 0.453. The predicted molar refractivity (Wildman–Crippen MR) is 142 cm³/mol. The van der Waals surface area contributed by atoms with Crippen molar-refractivity contribution in [2.75, 3.05) is 0 Å². The van der Waals surface area contributed by atoms with Crippen LogP contribution in [-0.4, -0.2) is 45.7 Å². The monoisotopic (exact) mass is 492 g/mol. The van der Waals surface area contributed by atoms with Crippen molar-refractivity contribution < 1.29 is 18.7 Å². The SMILES string of the molecule is CC(C)(C)[Si](C)(C)O[C@H]1CC[C@@]2([C@H](O)c3ccccc3)O[C@H]2CC[C@H]1O[Si](C)(C)C(C)(C)C. The molecule has 0 bridgehead atoms. The van der Waals surface area contributed by atoms with Crippen LogP contribution in [0.5, 0.6) is 0 Å². The molecular formula is C27H48O4Si2. The number of epoxide rings is 1. The zero-order chi connectivity index (χ0) is 24.9. The van der Waals surface area contributed by atoms with E-state index in [0.29, 0.717) is 0 Å². The van der Waals surface area contributed by atoms with Crippen molar-refractivity contribution in [1.82, 2.24) is 0 Å². The molecule has 1 aliphatic carbocycles. The molecule has 4 nitrogen and oxygen atoms in total. The van der Waals surface area contributed by atoms with Crippen LogP contribution >= 0.6 is 0 Å². The lowest BCUT2D eigenvalue weighted by Crippen LogP contribution is -2.52. The number of hydrogen-bond donors (Lipinski definition) is 1. The third-order valence-electron chi connectivity index (χ3n) is 8.88. The highest BCUT2D eigenvalue weighted by Gasteiger charge is 2.62. The molecule has 5 atom stereocenters. The van der Waals surface area contributed by atoms with Gasteiger partial charge in [-0.05, 0) is 67.5 Å². The minimum Gasteiger partial charge on any atom is -0.411 e. The summed E-state index contributed by atoms with van der Waals surface area (Å²) in [5, 5.41) is 11.6. The number of hydrogen-bond acceptors (Lipinski definition) is 4. The van der Waals surface area contributed by atoms with Gasteiger partial charge in [0, 0.05) is 0 Å². The Morgan fingerprint density at radius 3 is 1.82 bits per heavy atom. The Hall–Kier alpha value is -0.506. The molecule has 0 spiro atoms. The van der Waals surface area contributed by atoms with Gasteiger partial charge in [-0.3, -0.25) is 0 Å². The van der Waals surface area contributed by atoms with Crippen LogP contribution in [0.4, 0.5) is 0 Å². The van der Waals surface area contributed by atoms with Gasteiger partial charge in [0.25, 0.3) is 0 Å². The molecule has 1 N–H and O–H groups in total. The first-order valence-corrected chi connectivity index (χ1v) is 18.6. The molecule has 0 radical (unpaired) electrons. The van der Waals surface area contributed by atoms with Crippen molar-refractivity contribution in [1.29, 1.82) is 0 Å². The predicted octanol–water partition coefficient (Wildman–Crippen LogP) is 7.21. The van der Waals surface area contributed by atoms with E-state index in [0.717, 1.165) is 31.2 Å². The van der Waals surface area contributed by atoms with Crippen LogP contribution < -0.4 is 0 Å². The average Bonchev–Trinajstić information content (AvgIpc) is 3.39. The molecule has 0 aromatic heterocycles. The van der Waals surface area contributed by atoms with Crippen LogP contribution in [0.2, 0.25) is 36.3 Å². The van der Waals surface area contributed by atoms with Crippen molar-refractivity contribution >= 4 is 16.6 Å². The van der Waals surface area contributed by atoms with Crippen molar-refractivity contribution in [3.8, 4) is 0 Å². The second-order valence-corrected chi connectivity index (χ2v) is 22.8. The van der Waals surface area contributed by atoms with Crippen LogP contribution in [0.3, 0.4) is 0 Å². The summed E-state index contributed by atoms with van der Waals surface area (Å²) in [6.45, 7) is 23.1. The first-order valence-electron chi connectivity index (χ1n) is 12.8. The van der Waals surface area contributed by atoms with Gasteiger partial charge in [-0.25, -0.2) is 0 Å². The average molecular weight is 493 g/mol. The van der Waals surface area contributed by atoms with Crippen molar-refractivity contribution in [3.05, 3.63) is 35.9 Å². The molecule has 1 saturated carbocycles. The number of rotatable bonds is 6. The fraction of sp³-hybridized carbons (Fsp3) is 0.778. The molecule has 0 amide bonds. The van der Waals surface area contributed by atoms with Gasteiger partial charge in [-0.1, -0.05) is 71.9 Å². The van der Waals surface area contributed by atoms with Gasteiger partial charge in [0.1, 0.15) is 11.7 Å². The molecule has 3 rings (SSSR count). The molecule has 1 heterocycles. The zero-order valence-corrected chi connectivity index (χ0v) is 24.7. The molecule has 188 valence electrons. The molecule has 33 heavy (non-hydrogen) atoms. The second kappa shape index (κ2) is 9.18. The smallest absolute Gasteiger partial charge is 0.192 e. The molecule has 1 saturated heterocycles. The minimum absolute atomic E-state index is 0.0324. The number of aliphatic hydroxyl groups excluding tert-OH is 1. The Labute approximate surface area is 204 Å². The Morgan fingerprint density at radius 2 is 1.33 bits per heavy atom. The van der Waals surface area contributed by atoms with Crippen LogP contribution in [0.1, 0.15) is 78.9 Å². The van der Waals surface area contributed by atoms with E-state index in [-0.39, 0.29) is 28.4 Å². The van der Waals surface area contributed by atoms with Crippen LogP contribution in [-0.2, 0) is 13.6 Å². The molecule has 1 aromatic carbocycles. The molecule has 2 aliphatic rings. The largest absolute Gasteiger partial charge is 0.411 e. The standard InChI is InChI=1S/C27H48O4Si2/c1-25(2,3)32(7,8)30-21-16-17-23-27(29-23,24(28)20-14-12-11-13-15-20)19-18-22(21)31-33(9,10)26(4,5)6/h11-15,21-24,28H,16-19H2,1-10H3/t21-,22+,23+,24-,27-/m1/s1. The molecule has 1 aromatic rings. The third-order valence-corrected chi connectivity index (χ3v) is 17.9. The van der Waals surface area contributed by atoms with E-state index in [1.54, 1.807) is 0 Å². The summed E-state index contributed by atoms with van der Waals surface area (Å²) in [6.07, 6.45) is 3.07. The van der Waals surface area contributed by atoms with E-state index in [9.17, 15) is 5.11 Å². The lowest BCUT2D eigenvalue weighted by Gasteiger charge is -2.46. The quantitative estimate of drug-likeness (QED) is 0.336. The summed E-state index contributed by atoms with van der Waals surface area (Å²) in [7, 11) is -3.94. The summed E-state index contributed by atoms with van der Waals surface area (Å²) in [5.74, 6) is 0. The molecule has 6 heteroatoms. The van der Waals surface area contributed by atoms with Gasteiger partial charge in [-0.2, -0.15) is 0 Å². The first kappa shape index (κ1) is 27.1. The summed E-state index contributed by atoms with van der Waals surface area (Å²) in [4.78, 5) is 0. The molecule has 2 fully saturated rings. The number of benzene rings is 1. The number of aliphatic hydroxyl groups is 1. The van der Waals surface area contributed by atoms with Gasteiger partial charge in [0.2, 0.25) is 0 Å². The second-order valence-electron chi connectivity index (χ2n) is 13.3. The van der Waals surface area contributed by atoms with Crippen LogP contribution in [0.25, 0.3) is 0 Å². The topological polar surface area (TPSA) is 51.2 Å². The van der Waals surface area contributed by atoms with Crippen LogP contribution in [0, 0.1) is 0 Å². The van der Waals surface area contributed by atoms with Crippen molar-refractivity contribution in [2.24, 2.45) is 0 Å². The molecule has 0 unspecified atom stereocenters. The number of ether oxygens (including phenoxy) is 1. The maximum Gasteiger partial charge on any atom is 0.192 e. The number of fused-ring (bicyclic) bond motifs is 1. The zero-order valence-electron chi connectivity index (χ0n) is 22.7. The van der Waals surface area contributed by atoms with E-state index in [2.05, 4.69) is 67.7 Å². The Morgan fingerprint density at radius 1 is 0.848 bits per heavy atom. The highest BCUT2D eigenvalue weighted by Crippen LogP contribution is 2.54. The lowest BCUT2D eigenvalue weighted by atomic mass is 9.83. The van der Waals surface area contributed by atoms with Gasteiger partial charge >= 0.3 is 0 Å². The minimum atomic E-state index is -1.99. The summed E-state index contributed by atoms with van der Waals surface area (Å²) < 4.78 is 20.4. The maximum atomic E-state index is 11.3. The molecular weight excluding hydrogens is 444 g/mol.